The molecule has 0 unspecified atom stereocenters. The van der Waals surface area contributed by atoms with Crippen molar-refractivity contribution in [3.63, 3.8) is 0 Å². The minimum atomic E-state index is -0.127. The molecule has 0 saturated carbocycles. The van der Waals surface area contributed by atoms with Gasteiger partial charge in [-0.15, -0.1) is 0 Å². The molecular formula is C22H34N2O4. The van der Waals surface area contributed by atoms with Crippen LogP contribution in [0, 0.1) is 0 Å². The zero-order valence-electron chi connectivity index (χ0n) is 18.0. The molecule has 2 N–H and O–H groups in total. The summed E-state index contributed by atoms with van der Waals surface area (Å²) in [5.41, 5.74) is 8.76. The second-order valence-electron chi connectivity index (χ2n) is 6.82. The molecule has 0 saturated heterocycles. The predicted octanol–water partition coefficient (Wildman–Crippen LogP) is 3.81. The van der Waals surface area contributed by atoms with Crippen LogP contribution in [0.2, 0.25) is 0 Å². The third-order valence-corrected chi connectivity index (χ3v) is 4.35. The molecule has 0 atom stereocenters. The van der Waals surface area contributed by atoms with Crippen LogP contribution in [0.4, 0.5) is 0 Å². The third kappa shape index (κ3) is 6.93. The van der Waals surface area contributed by atoms with Crippen molar-refractivity contribution in [1.82, 2.24) is 4.90 Å². The van der Waals surface area contributed by atoms with Crippen molar-refractivity contribution >= 4 is 5.91 Å². The summed E-state index contributed by atoms with van der Waals surface area (Å²) in [7, 11) is 4.59. The normalized spacial score (nSPS) is 11.0. The van der Waals surface area contributed by atoms with Crippen molar-refractivity contribution in [2.75, 3.05) is 41.0 Å². The van der Waals surface area contributed by atoms with Crippen LogP contribution >= 0.6 is 0 Å². The molecule has 0 aromatic heterocycles. The Morgan fingerprint density at radius 2 is 1.64 bits per heavy atom. The summed E-state index contributed by atoms with van der Waals surface area (Å²) in [5.74, 6) is 1.23. The van der Waals surface area contributed by atoms with Gasteiger partial charge in [0.1, 0.15) is 0 Å². The number of benzene rings is 1. The van der Waals surface area contributed by atoms with Gasteiger partial charge >= 0.3 is 0 Å². The van der Waals surface area contributed by atoms with Crippen molar-refractivity contribution in [3.05, 3.63) is 41.0 Å². The molecule has 1 aromatic carbocycles. The molecule has 0 radical (unpaired) electrons. The van der Waals surface area contributed by atoms with Gasteiger partial charge in [-0.2, -0.15) is 0 Å². The Morgan fingerprint density at radius 3 is 2.11 bits per heavy atom. The Kier molecular flexibility index (Phi) is 10.2. The first kappa shape index (κ1) is 23.6. The first-order valence-electron chi connectivity index (χ1n) is 9.46. The van der Waals surface area contributed by atoms with Crippen LogP contribution in [-0.4, -0.2) is 51.8 Å². The summed E-state index contributed by atoms with van der Waals surface area (Å²) in [6.45, 7) is 7.64. The Bertz CT molecular complexity index is 681. The average Bonchev–Trinajstić information content (AvgIpc) is 2.68. The zero-order valence-corrected chi connectivity index (χ0v) is 18.0. The average molecular weight is 391 g/mol. The largest absolute Gasteiger partial charge is 0.493 e. The number of rotatable bonds is 11. The lowest BCUT2D eigenvalue weighted by atomic mass is 10.1. The van der Waals surface area contributed by atoms with Gasteiger partial charge in [0.25, 0.3) is 5.91 Å². The van der Waals surface area contributed by atoms with E-state index in [4.69, 9.17) is 19.9 Å². The van der Waals surface area contributed by atoms with E-state index in [9.17, 15) is 4.79 Å². The maximum atomic E-state index is 13.1. The van der Waals surface area contributed by atoms with E-state index in [1.54, 1.807) is 17.0 Å². The van der Waals surface area contributed by atoms with Gasteiger partial charge in [-0.25, -0.2) is 0 Å². The summed E-state index contributed by atoms with van der Waals surface area (Å²) < 4.78 is 16.0. The lowest BCUT2D eigenvalue weighted by molar-refractivity contribution is 0.0777. The molecule has 0 aliphatic rings. The molecule has 0 fully saturated rings. The van der Waals surface area contributed by atoms with Crippen LogP contribution in [0.1, 0.15) is 44.0 Å². The monoisotopic (exact) mass is 390 g/mol. The summed E-state index contributed by atoms with van der Waals surface area (Å²) >= 11 is 0. The molecule has 28 heavy (non-hydrogen) atoms. The topological polar surface area (TPSA) is 74.0 Å². The quantitative estimate of drug-likeness (QED) is 0.582. The maximum absolute atomic E-state index is 13.1. The van der Waals surface area contributed by atoms with Crippen LogP contribution in [0.15, 0.2) is 35.4 Å². The molecule has 0 spiro atoms. The molecule has 1 rings (SSSR count). The molecule has 156 valence electrons. The number of ether oxygens (including phenoxy) is 3. The Hall–Kier alpha value is -2.47. The summed E-state index contributed by atoms with van der Waals surface area (Å²) in [4.78, 5) is 14.8. The highest BCUT2D eigenvalue weighted by atomic mass is 16.5. The van der Waals surface area contributed by atoms with Crippen molar-refractivity contribution in [3.8, 4) is 17.2 Å². The first-order chi connectivity index (χ1) is 13.4. The molecule has 1 amide bonds. The Labute approximate surface area is 168 Å². The van der Waals surface area contributed by atoms with Crippen LogP contribution in [0.3, 0.4) is 0 Å². The fourth-order valence-corrected chi connectivity index (χ4v) is 2.78. The Balaban J connectivity index is 3.02. The zero-order chi connectivity index (χ0) is 21.1. The van der Waals surface area contributed by atoms with E-state index in [0.29, 0.717) is 42.4 Å². The van der Waals surface area contributed by atoms with Crippen molar-refractivity contribution < 1.29 is 19.0 Å². The van der Waals surface area contributed by atoms with Crippen molar-refractivity contribution in [2.24, 2.45) is 5.73 Å². The van der Waals surface area contributed by atoms with Crippen molar-refractivity contribution in [1.29, 1.82) is 0 Å². The molecule has 0 bridgehead atoms. The molecule has 6 nitrogen and oxygen atoms in total. The van der Waals surface area contributed by atoms with Crippen LogP contribution < -0.4 is 19.9 Å². The summed E-state index contributed by atoms with van der Waals surface area (Å²) in [6, 6.07) is 3.33. The molecule has 0 aliphatic heterocycles. The maximum Gasteiger partial charge on any atom is 0.254 e. The summed E-state index contributed by atoms with van der Waals surface area (Å²) in [6.07, 6.45) is 6.28. The number of methoxy groups -OCH3 is 3. The molecular weight excluding hydrogens is 356 g/mol. The number of carbonyl (C=O) groups is 1. The minimum Gasteiger partial charge on any atom is -0.493 e. The van der Waals surface area contributed by atoms with E-state index in [0.717, 1.165) is 12.8 Å². The fraction of sp³-hybridized carbons (Fsp3) is 0.500. The lowest BCUT2D eigenvalue weighted by Crippen LogP contribution is -2.35. The number of carbonyl (C=O) groups excluding carboxylic acids is 1. The van der Waals surface area contributed by atoms with E-state index in [-0.39, 0.29) is 5.91 Å². The molecule has 0 heterocycles. The molecule has 6 heteroatoms. The highest BCUT2D eigenvalue weighted by molar-refractivity contribution is 5.95. The second kappa shape index (κ2) is 12.1. The van der Waals surface area contributed by atoms with Gasteiger partial charge in [-0.05, 0) is 45.7 Å². The lowest BCUT2D eigenvalue weighted by Gasteiger charge is -2.22. The number of hydrogen-bond acceptors (Lipinski definition) is 5. The van der Waals surface area contributed by atoms with Crippen LogP contribution in [0.25, 0.3) is 0 Å². The van der Waals surface area contributed by atoms with E-state index in [2.05, 4.69) is 32.9 Å². The number of hydrogen-bond donors (Lipinski definition) is 1. The van der Waals surface area contributed by atoms with E-state index >= 15 is 0 Å². The van der Waals surface area contributed by atoms with Gasteiger partial charge < -0.3 is 24.8 Å². The number of nitrogens with two attached hydrogens (primary N) is 1. The first-order valence-corrected chi connectivity index (χ1v) is 9.46. The van der Waals surface area contributed by atoms with Crippen LogP contribution in [-0.2, 0) is 0 Å². The van der Waals surface area contributed by atoms with Gasteiger partial charge in [0.05, 0.1) is 21.3 Å². The minimum absolute atomic E-state index is 0.127. The Morgan fingerprint density at radius 1 is 1.04 bits per heavy atom. The highest BCUT2D eigenvalue weighted by Crippen LogP contribution is 2.38. The van der Waals surface area contributed by atoms with Gasteiger partial charge in [0, 0.05) is 25.2 Å². The van der Waals surface area contributed by atoms with E-state index < -0.39 is 0 Å². The molecule has 0 aliphatic carbocycles. The number of nitrogens with zero attached hydrogens (tertiary/aromatic N) is 1. The fourth-order valence-electron chi connectivity index (χ4n) is 2.78. The van der Waals surface area contributed by atoms with Gasteiger partial charge in [-0.1, -0.05) is 23.3 Å². The van der Waals surface area contributed by atoms with E-state index in [1.807, 2.05) is 0 Å². The molecule has 1 aromatic rings. The number of allylic oxidation sites excluding steroid dienone is 3. The smallest absolute Gasteiger partial charge is 0.254 e. The van der Waals surface area contributed by atoms with Gasteiger partial charge in [-0.3, -0.25) is 4.79 Å². The van der Waals surface area contributed by atoms with Crippen molar-refractivity contribution in [2.45, 2.75) is 33.6 Å². The summed E-state index contributed by atoms with van der Waals surface area (Å²) in [5, 5.41) is 0. The number of amides is 1. The second-order valence-corrected chi connectivity index (χ2v) is 6.82. The SMILES string of the molecule is COc1cc(C(=O)N(CC=C(C)CCC=C(C)C)CCN)cc(OC)c1OC. The third-order valence-electron chi connectivity index (χ3n) is 4.35. The van der Waals surface area contributed by atoms with Gasteiger partial charge in [0.15, 0.2) is 11.5 Å². The standard InChI is InChI=1S/C22H34N2O4/c1-16(2)8-7-9-17(3)10-12-24(13-11-23)22(25)18-14-19(26-4)21(28-6)20(15-18)27-5/h8,10,14-15H,7,9,11-13,23H2,1-6H3. The van der Waals surface area contributed by atoms with E-state index in [1.165, 1.54) is 32.5 Å². The predicted molar refractivity (Wildman–Crippen MR) is 113 cm³/mol. The van der Waals surface area contributed by atoms with Gasteiger partial charge in [0.2, 0.25) is 5.75 Å². The van der Waals surface area contributed by atoms with Crippen LogP contribution in [0.5, 0.6) is 17.2 Å². The highest BCUT2D eigenvalue weighted by Gasteiger charge is 2.20.